The van der Waals surface area contributed by atoms with Crippen molar-refractivity contribution in [3.8, 4) is 11.5 Å². The molecule has 1 fully saturated rings. The summed E-state index contributed by atoms with van der Waals surface area (Å²) in [4.78, 5) is 28.2. The number of carbonyl (C=O) groups excluding carboxylic acids is 2. The molecule has 2 aromatic rings. The summed E-state index contributed by atoms with van der Waals surface area (Å²) in [5.74, 6) is 0.487. The third kappa shape index (κ3) is 4.50. The monoisotopic (exact) mass is 361 g/mol. The Hall–Kier alpha value is -2.65. The van der Waals surface area contributed by atoms with Gasteiger partial charge >= 0.3 is 0 Å². The van der Waals surface area contributed by atoms with Crippen molar-refractivity contribution in [1.29, 1.82) is 0 Å². The lowest BCUT2D eigenvalue weighted by Gasteiger charge is -2.33. The van der Waals surface area contributed by atoms with E-state index in [9.17, 15) is 9.59 Å². The maximum atomic E-state index is 12.6. The van der Waals surface area contributed by atoms with Crippen LogP contribution in [0.2, 0.25) is 0 Å². The summed E-state index contributed by atoms with van der Waals surface area (Å²) in [6, 6.07) is 5.28. The summed E-state index contributed by atoms with van der Waals surface area (Å²) in [5, 5.41) is 9.71. The zero-order valence-electron chi connectivity index (χ0n) is 14.7. The number of piperazine rings is 1. The van der Waals surface area contributed by atoms with Crippen LogP contribution in [0.1, 0.15) is 10.5 Å². The van der Waals surface area contributed by atoms with Crippen molar-refractivity contribution >= 4 is 11.8 Å². The number of ether oxygens (including phenoxy) is 1. The van der Waals surface area contributed by atoms with Crippen molar-refractivity contribution in [2.75, 3.05) is 53.0 Å². The highest BCUT2D eigenvalue weighted by Crippen LogP contribution is 2.18. The summed E-state index contributed by atoms with van der Waals surface area (Å²) in [6.07, 6.45) is 1.57. The van der Waals surface area contributed by atoms with Gasteiger partial charge in [0.25, 0.3) is 5.91 Å². The normalized spacial score (nSPS) is 15.2. The molecule has 9 nitrogen and oxygen atoms in total. The summed E-state index contributed by atoms with van der Waals surface area (Å²) in [5.41, 5.74) is 1.03. The molecule has 0 spiro atoms. The first-order valence-electron chi connectivity index (χ1n) is 8.54. The molecule has 3 rings (SSSR count). The molecule has 26 heavy (non-hydrogen) atoms. The molecule has 0 unspecified atom stereocenters. The number of rotatable bonds is 7. The Balaban J connectivity index is 1.47. The van der Waals surface area contributed by atoms with Crippen molar-refractivity contribution in [3.63, 3.8) is 0 Å². The highest BCUT2D eigenvalue weighted by atomic mass is 16.5. The van der Waals surface area contributed by atoms with Gasteiger partial charge in [-0.15, -0.1) is 0 Å². The van der Waals surface area contributed by atoms with Gasteiger partial charge in [-0.2, -0.15) is 5.10 Å². The molecule has 0 bridgehead atoms. The van der Waals surface area contributed by atoms with E-state index in [2.05, 4.69) is 15.5 Å². The molecular weight excluding hydrogens is 338 g/mol. The number of hydrogen-bond acceptors (Lipinski definition) is 6. The van der Waals surface area contributed by atoms with Crippen LogP contribution in [-0.4, -0.2) is 84.8 Å². The van der Waals surface area contributed by atoms with Crippen LogP contribution in [0.25, 0.3) is 11.5 Å². The smallest absolute Gasteiger partial charge is 0.274 e. The lowest BCUT2D eigenvalue weighted by molar-refractivity contribution is -0.122. The Morgan fingerprint density at radius 1 is 1.35 bits per heavy atom. The fourth-order valence-corrected chi connectivity index (χ4v) is 2.81. The van der Waals surface area contributed by atoms with E-state index >= 15 is 0 Å². The van der Waals surface area contributed by atoms with E-state index < -0.39 is 0 Å². The van der Waals surface area contributed by atoms with E-state index in [1.54, 1.807) is 36.5 Å². The minimum absolute atomic E-state index is 0.0304. The number of nitrogens with one attached hydrogen (secondary N) is 2. The van der Waals surface area contributed by atoms with E-state index in [-0.39, 0.29) is 11.8 Å². The Morgan fingerprint density at radius 2 is 2.15 bits per heavy atom. The predicted molar refractivity (Wildman–Crippen MR) is 93.5 cm³/mol. The molecule has 0 aromatic carbocycles. The molecule has 2 amide bonds. The molecular formula is C17H23N5O4. The minimum Gasteiger partial charge on any atom is -0.463 e. The van der Waals surface area contributed by atoms with Crippen LogP contribution < -0.4 is 5.32 Å². The number of nitrogens with zero attached hydrogens (tertiary/aromatic N) is 3. The van der Waals surface area contributed by atoms with Crippen molar-refractivity contribution in [3.05, 3.63) is 30.2 Å². The van der Waals surface area contributed by atoms with Gasteiger partial charge < -0.3 is 19.4 Å². The largest absolute Gasteiger partial charge is 0.463 e. The Bertz CT molecular complexity index is 719. The molecule has 1 aliphatic rings. The highest BCUT2D eigenvalue weighted by Gasteiger charge is 2.25. The molecule has 9 heteroatoms. The third-order valence-electron chi connectivity index (χ3n) is 4.24. The van der Waals surface area contributed by atoms with Crippen LogP contribution in [0.4, 0.5) is 0 Å². The van der Waals surface area contributed by atoms with Gasteiger partial charge in [0.05, 0.1) is 19.4 Å². The van der Waals surface area contributed by atoms with Crippen molar-refractivity contribution < 1.29 is 18.7 Å². The molecule has 0 atom stereocenters. The number of hydrogen-bond donors (Lipinski definition) is 2. The SMILES string of the molecule is COCCNC(=O)CN1CCN(C(=O)c2cc(-c3ccco3)[nH]n2)CC1. The summed E-state index contributed by atoms with van der Waals surface area (Å²) < 4.78 is 10.2. The molecule has 2 N–H and O–H groups in total. The van der Waals surface area contributed by atoms with Crippen LogP contribution in [0.5, 0.6) is 0 Å². The number of aromatic nitrogens is 2. The van der Waals surface area contributed by atoms with Gasteiger partial charge in [-0.1, -0.05) is 0 Å². The first kappa shape index (κ1) is 18.2. The van der Waals surface area contributed by atoms with E-state index in [0.717, 1.165) is 0 Å². The van der Waals surface area contributed by atoms with Gasteiger partial charge in [-0.05, 0) is 12.1 Å². The third-order valence-corrected chi connectivity index (χ3v) is 4.24. The topological polar surface area (TPSA) is 104 Å². The van der Waals surface area contributed by atoms with E-state index in [1.807, 2.05) is 4.90 Å². The molecule has 1 aliphatic heterocycles. The Labute approximate surface area is 151 Å². The Morgan fingerprint density at radius 3 is 2.85 bits per heavy atom. The van der Waals surface area contributed by atoms with E-state index in [1.165, 1.54) is 0 Å². The average Bonchev–Trinajstić information content (AvgIpc) is 3.33. The summed E-state index contributed by atoms with van der Waals surface area (Å²) >= 11 is 0. The molecule has 1 saturated heterocycles. The van der Waals surface area contributed by atoms with Gasteiger partial charge in [0.2, 0.25) is 5.91 Å². The van der Waals surface area contributed by atoms with E-state index in [4.69, 9.17) is 9.15 Å². The number of carbonyl (C=O) groups is 2. The first-order chi connectivity index (χ1) is 12.7. The zero-order valence-corrected chi connectivity index (χ0v) is 14.7. The Kier molecular flexibility index (Phi) is 6.03. The van der Waals surface area contributed by atoms with Crippen LogP contribution in [0, 0.1) is 0 Å². The molecule has 0 radical (unpaired) electrons. The maximum absolute atomic E-state index is 12.6. The molecule has 3 heterocycles. The number of H-pyrrole nitrogens is 1. The second-order valence-corrected chi connectivity index (χ2v) is 6.06. The van der Waals surface area contributed by atoms with Gasteiger partial charge in [0, 0.05) is 45.9 Å². The summed E-state index contributed by atoms with van der Waals surface area (Å²) in [6.45, 7) is 3.76. The number of furan rings is 1. The lowest BCUT2D eigenvalue weighted by Crippen LogP contribution is -2.51. The second-order valence-electron chi connectivity index (χ2n) is 6.06. The van der Waals surface area contributed by atoms with Gasteiger partial charge in [-0.3, -0.25) is 19.6 Å². The molecule has 0 aliphatic carbocycles. The molecule has 140 valence electrons. The van der Waals surface area contributed by atoms with Crippen LogP contribution in [0.15, 0.2) is 28.9 Å². The van der Waals surface area contributed by atoms with Crippen molar-refractivity contribution in [2.24, 2.45) is 0 Å². The highest BCUT2D eigenvalue weighted by molar-refractivity contribution is 5.93. The number of amides is 2. The minimum atomic E-state index is -0.122. The van der Waals surface area contributed by atoms with Gasteiger partial charge in [0.15, 0.2) is 11.5 Å². The van der Waals surface area contributed by atoms with Crippen molar-refractivity contribution in [1.82, 2.24) is 25.3 Å². The van der Waals surface area contributed by atoms with Crippen molar-refractivity contribution in [2.45, 2.75) is 0 Å². The fraction of sp³-hybridized carbons (Fsp3) is 0.471. The maximum Gasteiger partial charge on any atom is 0.274 e. The van der Waals surface area contributed by atoms with Crippen LogP contribution in [-0.2, 0) is 9.53 Å². The van der Waals surface area contributed by atoms with Crippen LogP contribution >= 0.6 is 0 Å². The average molecular weight is 361 g/mol. The molecule has 0 saturated carbocycles. The number of aromatic amines is 1. The fourth-order valence-electron chi connectivity index (χ4n) is 2.81. The van der Waals surface area contributed by atoms with Crippen LogP contribution in [0.3, 0.4) is 0 Å². The number of methoxy groups -OCH3 is 1. The molecule has 2 aromatic heterocycles. The van der Waals surface area contributed by atoms with Gasteiger partial charge in [0.1, 0.15) is 5.69 Å². The summed E-state index contributed by atoms with van der Waals surface area (Å²) in [7, 11) is 1.60. The van der Waals surface area contributed by atoms with E-state index in [0.29, 0.717) is 63.0 Å². The van der Waals surface area contributed by atoms with Gasteiger partial charge in [-0.25, -0.2) is 0 Å². The zero-order chi connectivity index (χ0) is 18.4. The quantitative estimate of drug-likeness (QED) is 0.683. The standard InChI is InChI=1S/C17H23N5O4/c1-25-10-4-18-16(23)12-21-5-7-22(8-6-21)17(24)14-11-13(19-20-14)15-3-2-9-26-15/h2-3,9,11H,4-8,10,12H2,1H3,(H,18,23)(H,19,20). The second kappa shape index (κ2) is 8.63. The first-order valence-corrected chi connectivity index (χ1v) is 8.54. The predicted octanol–water partition coefficient (Wildman–Crippen LogP) is 0.190. The lowest BCUT2D eigenvalue weighted by atomic mass is 10.2.